The van der Waals surface area contributed by atoms with Crippen molar-refractivity contribution in [3.63, 3.8) is 0 Å². The number of hydrogen-bond acceptors (Lipinski definition) is 5. The number of benzene rings is 1. The molecule has 0 fully saturated rings. The van der Waals surface area contributed by atoms with Gasteiger partial charge in [-0.1, -0.05) is 0 Å². The second kappa shape index (κ2) is 7.38. The van der Waals surface area contributed by atoms with Crippen LogP contribution in [-0.2, 0) is 17.5 Å². The molecule has 7 nitrogen and oxygen atoms in total. The Kier molecular flexibility index (Phi) is 5.44. The number of alkyl halides is 3. The summed E-state index contributed by atoms with van der Waals surface area (Å²) in [6.07, 6.45) is -3.88. The quantitative estimate of drug-likeness (QED) is 0.460. The van der Waals surface area contributed by atoms with Crippen molar-refractivity contribution in [3.05, 3.63) is 39.8 Å². The van der Waals surface area contributed by atoms with Crippen LogP contribution in [0.2, 0.25) is 0 Å². The van der Waals surface area contributed by atoms with E-state index >= 15 is 0 Å². The second-order valence-electron chi connectivity index (χ2n) is 4.88. The van der Waals surface area contributed by atoms with Crippen molar-refractivity contribution in [2.45, 2.75) is 26.6 Å². The largest absolute Gasteiger partial charge is 0.483 e. The van der Waals surface area contributed by atoms with Crippen molar-refractivity contribution in [3.8, 4) is 11.8 Å². The Hall–Kier alpha value is -3.16. The van der Waals surface area contributed by atoms with Gasteiger partial charge in [0.05, 0.1) is 17.9 Å². The smallest absolute Gasteiger partial charge is 0.451 e. The maximum absolute atomic E-state index is 14.3. The molecule has 0 spiro atoms. The van der Waals surface area contributed by atoms with Gasteiger partial charge in [-0.15, -0.1) is 5.10 Å². The fraction of sp³-hybridized carbons (Fsp3) is 0.333. The van der Waals surface area contributed by atoms with E-state index in [1.807, 2.05) is 0 Å². The molecule has 0 atom stereocenters. The van der Waals surface area contributed by atoms with Gasteiger partial charge in [0.25, 0.3) is 0 Å². The Balaban J connectivity index is 2.70. The fourth-order valence-corrected chi connectivity index (χ4v) is 2.13. The van der Waals surface area contributed by atoms with E-state index in [1.54, 1.807) is 13.0 Å². The first kappa shape index (κ1) is 19.2. The minimum Gasteiger partial charge on any atom is -0.483 e. The molecule has 138 valence electrons. The number of nitriles is 1. The monoisotopic (exact) mass is 371 g/mol. The summed E-state index contributed by atoms with van der Waals surface area (Å²) in [7, 11) is 0. The van der Waals surface area contributed by atoms with Crippen LogP contribution in [0, 0.1) is 17.1 Å². The number of ether oxygens (including phenoxy) is 1. The molecule has 0 saturated carbocycles. The predicted octanol–water partition coefficient (Wildman–Crippen LogP) is 2.78. The number of aromatic nitrogens is 3. The van der Waals surface area contributed by atoms with Gasteiger partial charge in [-0.3, -0.25) is 4.57 Å². The van der Waals surface area contributed by atoms with Crippen molar-refractivity contribution in [1.29, 1.82) is 5.26 Å². The summed E-state index contributed by atoms with van der Waals surface area (Å²) in [5, 5.41) is 12.3. The molecular weight excluding hydrogens is 358 g/mol. The first-order valence-corrected chi connectivity index (χ1v) is 7.39. The topological polar surface area (TPSA) is 85.2 Å². The first-order valence-electron chi connectivity index (χ1n) is 7.39. The molecular formula is C15H13F4N5O2. The molecule has 11 heteroatoms. The van der Waals surface area contributed by atoms with Crippen LogP contribution < -0.4 is 5.69 Å². The average Bonchev–Trinajstić information content (AvgIpc) is 2.92. The van der Waals surface area contributed by atoms with Crippen LogP contribution in [0.15, 0.2) is 21.9 Å². The molecule has 0 aliphatic heterocycles. The summed E-state index contributed by atoms with van der Waals surface area (Å²) in [5.41, 5.74) is -1.98. The van der Waals surface area contributed by atoms with Crippen LogP contribution in [0.3, 0.4) is 0 Å². The first-order chi connectivity index (χ1) is 12.2. The number of aliphatic imine (C=N–C) groups is 1. The third-order valence-electron chi connectivity index (χ3n) is 3.28. The molecule has 1 aromatic heterocycles. The van der Waals surface area contributed by atoms with Crippen molar-refractivity contribution >= 4 is 12.1 Å². The van der Waals surface area contributed by atoms with E-state index < -0.39 is 29.2 Å². The van der Waals surface area contributed by atoms with E-state index in [9.17, 15) is 22.4 Å². The summed E-state index contributed by atoms with van der Waals surface area (Å²) in [6, 6.07) is 3.43. The van der Waals surface area contributed by atoms with Gasteiger partial charge in [0, 0.05) is 6.54 Å². The molecule has 0 amide bonds. The molecule has 0 unspecified atom stereocenters. The Morgan fingerprint density at radius 3 is 2.58 bits per heavy atom. The Morgan fingerprint density at radius 1 is 1.38 bits per heavy atom. The van der Waals surface area contributed by atoms with Gasteiger partial charge in [0.15, 0.2) is 12.2 Å². The lowest BCUT2D eigenvalue weighted by Crippen LogP contribution is -2.26. The van der Waals surface area contributed by atoms with Gasteiger partial charge in [0.1, 0.15) is 11.8 Å². The summed E-state index contributed by atoms with van der Waals surface area (Å²) in [4.78, 5) is 16.0. The predicted molar refractivity (Wildman–Crippen MR) is 83.0 cm³/mol. The lowest BCUT2D eigenvalue weighted by molar-refractivity contribution is -0.147. The fourth-order valence-electron chi connectivity index (χ4n) is 2.13. The zero-order valence-electron chi connectivity index (χ0n) is 13.7. The van der Waals surface area contributed by atoms with Gasteiger partial charge >= 0.3 is 11.9 Å². The summed E-state index contributed by atoms with van der Waals surface area (Å²) in [5.74, 6) is -2.54. The van der Waals surface area contributed by atoms with Crippen LogP contribution in [0.1, 0.15) is 25.2 Å². The molecule has 0 radical (unpaired) electrons. The van der Waals surface area contributed by atoms with E-state index in [1.165, 1.54) is 6.92 Å². The van der Waals surface area contributed by atoms with E-state index in [0.29, 0.717) is 9.25 Å². The molecule has 0 bridgehead atoms. The second-order valence-corrected chi connectivity index (χ2v) is 4.88. The van der Waals surface area contributed by atoms with Gasteiger partial charge in [-0.25, -0.2) is 14.2 Å². The highest BCUT2D eigenvalue weighted by Crippen LogP contribution is 2.29. The van der Waals surface area contributed by atoms with E-state index in [-0.39, 0.29) is 24.4 Å². The molecule has 0 aliphatic carbocycles. The third kappa shape index (κ3) is 3.58. The molecule has 26 heavy (non-hydrogen) atoms. The standard InChI is InChI=1S/C15H13F4N5O2/c1-3-23-13(15(17,18)19)22-24(14(23)25)12-6-11(21-8-26-4-2)9(7-20)5-10(12)16/h5-6,8H,3-4H2,1-2H3/b21-8+. The number of rotatable bonds is 5. The highest BCUT2D eigenvalue weighted by atomic mass is 19.4. The maximum Gasteiger partial charge on any atom is 0.451 e. The SMILES string of the molecule is CCO/C=N/c1cc(-n2nc(C(F)(F)F)n(CC)c2=O)c(F)cc1C#N. The molecule has 2 rings (SSSR count). The summed E-state index contributed by atoms with van der Waals surface area (Å²) >= 11 is 0. The maximum atomic E-state index is 14.3. The van der Waals surface area contributed by atoms with Gasteiger partial charge in [-0.2, -0.15) is 23.1 Å². The lowest BCUT2D eigenvalue weighted by atomic mass is 10.1. The van der Waals surface area contributed by atoms with Gasteiger partial charge in [0.2, 0.25) is 5.82 Å². The van der Waals surface area contributed by atoms with Crippen LogP contribution in [0.25, 0.3) is 5.69 Å². The molecule has 2 aromatic rings. The van der Waals surface area contributed by atoms with Crippen molar-refractivity contribution in [2.75, 3.05) is 6.61 Å². The number of halogens is 4. The van der Waals surface area contributed by atoms with Crippen molar-refractivity contribution in [2.24, 2.45) is 4.99 Å². The van der Waals surface area contributed by atoms with Crippen LogP contribution >= 0.6 is 0 Å². The Bertz CT molecular complexity index is 937. The van der Waals surface area contributed by atoms with Crippen molar-refractivity contribution < 1.29 is 22.3 Å². The van der Waals surface area contributed by atoms with Gasteiger partial charge in [-0.05, 0) is 26.0 Å². The third-order valence-corrected chi connectivity index (χ3v) is 3.28. The van der Waals surface area contributed by atoms with Crippen molar-refractivity contribution in [1.82, 2.24) is 14.3 Å². The minimum absolute atomic E-state index is 0.0798. The van der Waals surface area contributed by atoms with E-state index in [4.69, 9.17) is 10.00 Å². The number of hydrogen-bond donors (Lipinski definition) is 0. The molecule has 0 aliphatic rings. The Morgan fingerprint density at radius 2 is 2.08 bits per heavy atom. The normalized spacial score (nSPS) is 11.7. The van der Waals surface area contributed by atoms with Crippen LogP contribution in [0.4, 0.5) is 23.2 Å². The lowest BCUT2D eigenvalue weighted by Gasteiger charge is -2.05. The molecule has 1 heterocycles. The zero-order chi connectivity index (χ0) is 19.5. The zero-order valence-corrected chi connectivity index (χ0v) is 13.7. The molecule has 0 N–H and O–H groups in total. The van der Waals surface area contributed by atoms with Crippen LogP contribution in [-0.4, -0.2) is 27.4 Å². The summed E-state index contributed by atoms with van der Waals surface area (Å²) in [6.45, 7) is 2.99. The minimum atomic E-state index is -4.89. The molecule has 0 saturated heterocycles. The number of nitrogens with zero attached hydrogens (tertiary/aromatic N) is 5. The highest BCUT2D eigenvalue weighted by molar-refractivity contribution is 5.64. The summed E-state index contributed by atoms with van der Waals surface area (Å²) < 4.78 is 59.0. The molecule has 1 aromatic carbocycles. The van der Waals surface area contributed by atoms with Gasteiger partial charge < -0.3 is 4.74 Å². The average molecular weight is 371 g/mol. The Labute approximate surface area is 144 Å². The highest BCUT2D eigenvalue weighted by Gasteiger charge is 2.39. The van der Waals surface area contributed by atoms with E-state index in [0.717, 1.165) is 18.5 Å². The van der Waals surface area contributed by atoms with E-state index in [2.05, 4.69) is 10.1 Å². The van der Waals surface area contributed by atoms with Crippen LogP contribution in [0.5, 0.6) is 0 Å².